The van der Waals surface area contributed by atoms with E-state index in [1.54, 1.807) is 0 Å². The highest BCUT2D eigenvalue weighted by atomic mass is 15.2. The Hall–Kier alpha value is -1.09. The van der Waals surface area contributed by atoms with Gasteiger partial charge in [-0.05, 0) is 57.4 Å². The van der Waals surface area contributed by atoms with E-state index in [-0.39, 0.29) is 0 Å². The maximum absolute atomic E-state index is 4.56. The molecule has 2 rings (SSSR count). The van der Waals surface area contributed by atoms with Gasteiger partial charge in [-0.15, -0.1) is 0 Å². The molecule has 0 saturated carbocycles. The van der Waals surface area contributed by atoms with Crippen molar-refractivity contribution in [1.29, 1.82) is 0 Å². The van der Waals surface area contributed by atoms with Crippen molar-refractivity contribution in [3.8, 4) is 0 Å². The van der Waals surface area contributed by atoms with Crippen LogP contribution in [0.15, 0.2) is 18.3 Å². The van der Waals surface area contributed by atoms with E-state index in [1.165, 1.54) is 18.4 Å². The van der Waals surface area contributed by atoms with Crippen LogP contribution in [0.25, 0.3) is 0 Å². The standard InChI is InChI=1S/C15H25N3/c1-11-6-5-9-18(13(11)3)15-10-14(7-8-17-15)12(2)16-4/h7-8,10-13,16H,5-6,9H2,1-4H3. The van der Waals surface area contributed by atoms with Gasteiger partial charge in [0, 0.05) is 24.8 Å². The molecule has 0 bridgehead atoms. The molecule has 3 heteroatoms. The minimum atomic E-state index is 0.379. The largest absolute Gasteiger partial charge is 0.354 e. The zero-order chi connectivity index (χ0) is 13.1. The van der Waals surface area contributed by atoms with E-state index >= 15 is 0 Å². The van der Waals surface area contributed by atoms with Gasteiger partial charge in [-0.1, -0.05) is 6.92 Å². The van der Waals surface area contributed by atoms with Crippen molar-refractivity contribution in [2.45, 2.75) is 45.7 Å². The van der Waals surface area contributed by atoms with E-state index in [2.05, 4.69) is 48.1 Å². The molecule has 1 aromatic heterocycles. The lowest BCUT2D eigenvalue weighted by Crippen LogP contribution is -2.43. The molecule has 1 aliphatic rings. The maximum atomic E-state index is 4.56. The molecule has 3 nitrogen and oxygen atoms in total. The van der Waals surface area contributed by atoms with Gasteiger partial charge in [0.05, 0.1) is 0 Å². The summed E-state index contributed by atoms with van der Waals surface area (Å²) in [6.45, 7) is 7.98. The van der Waals surface area contributed by atoms with Crippen molar-refractivity contribution < 1.29 is 0 Å². The number of nitrogens with one attached hydrogen (secondary N) is 1. The molecule has 100 valence electrons. The summed E-state index contributed by atoms with van der Waals surface area (Å²) in [4.78, 5) is 7.02. The Morgan fingerprint density at radius 3 is 2.94 bits per heavy atom. The van der Waals surface area contributed by atoms with Gasteiger partial charge in [0.2, 0.25) is 0 Å². The van der Waals surface area contributed by atoms with E-state index < -0.39 is 0 Å². The van der Waals surface area contributed by atoms with Crippen molar-refractivity contribution >= 4 is 5.82 Å². The minimum absolute atomic E-state index is 0.379. The third-order valence-corrected chi connectivity index (χ3v) is 4.37. The summed E-state index contributed by atoms with van der Waals surface area (Å²) in [5.74, 6) is 1.89. The topological polar surface area (TPSA) is 28.2 Å². The number of hydrogen-bond acceptors (Lipinski definition) is 3. The van der Waals surface area contributed by atoms with Crippen molar-refractivity contribution in [3.05, 3.63) is 23.9 Å². The first-order chi connectivity index (χ1) is 8.63. The SMILES string of the molecule is CNC(C)c1ccnc(N2CCCC(C)C2C)c1. The maximum Gasteiger partial charge on any atom is 0.129 e. The minimum Gasteiger partial charge on any atom is -0.354 e. The number of anilines is 1. The number of rotatable bonds is 3. The summed E-state index contributed by atoms with van der Waals surface area (Å²) < 4.78 is 0. The third-order valence-electron chi connectivity index (χ3n) is 4.37. The summed E-state index contributed by atoms with van der Waals surface area (Å²) in [7, 11) is 2.00. The van der Waals surface area contributed by atoms with E-state index in [1.807, 2.05) is 13.2 Å². The lowest BCUT2D eigenvalue weighted by Gasteiger charge is -2.39. The van der Waals surface area contributed by atoms with Gasteiger partial charge in [0.1, 0.15) is 5.82 Å². The van der Waals surface area contributed by atoms with E-state index in [0.29, 0.717) is 12.1 Å². The van der Waals surface area contributed by atoms with Crippen LogP contribution >= 0.6 is 0 Å². The van der Waals surface area contributed by atoms with E-state index in [9.17, 15) is 0 Å². The first kappa shape index (κ1) is 13.3. The molecule has 0 aliphatic carbocycles. The molecule has 1 fully saturated rings. The summed E-state index contributed by atoms with van der Waals surface area (Å²) in [5.41, 5.74) is 1.31. The third kappa shape index (κ3) is 2.66. The lowest BCUT2D eigenvalue weighted by atomic mass is 9.92. The molecular weight excluding hydrogens is 222 g/mol. The first-order valence-electron chi connectivity index (χ1n) is 7.03. The second-order valence-electron chi connectivity index (χ2n) is 5.51. The van der Waals surface area contributed by atoms with Crippen LogP contribution in [-0.4, -0.2) is 24.6 Å². The van der Waals surface area contributed by atoms with Gasteiger partial charge in [-0.3, -0.25) is 0 Å². The Labute approximate surface area is 111 Å². The summed E-state index contributed by atoms with van der Waals surface area (Å²) in [5, 5.41) is 3.29. The monoisotopic (exact) mass is 247 g/mol. The molecule has 3 unspecified atom stereocenters. The number of nitrogens with zero attached hydrogens (tertiary/aromatic N) is 2. The molecule has 1 N–H and O–H groups in total. The normalized spacial score (nSPS) is 26.1. The quantitative estimate of drug-likeness (QED) is 0.890. The van der Waals surface area contributed by atoms with Crippen LogP contribution in [-0.2, 0) is 0 Å². The highest BCUT2D eigenvalue weighted by molar-refractivity contribution is 5.43. The predicted molar refractivity (Wildman–Crippen MR) is 76.9 cm³/mol. The van der Waals surface area contributed by atoms with Gasteiger partial charge < -0.3 is 10.2 Å². The molecule has 1 aromatic rings. The highest BCUT2D eigenvalue weighted by Crippen LogP contribution is 2.28. The fourth-order valence-corrected chi connectivity index (χ4v) is 2.69. The Morgan fingerprint density at radius 1 is 1.44 bits per heavy atom. The van der Waals surface area contributed by atoms with Crippen LogP contribution in [0.3, 0.4) is 0 Å². The zero-order valence-corrected chi connectivity index (χ0v) is 12.0. The van der Waals surface area contributed by atoms with Crippen LogP contribution in [0.2, 0.25) is 0 Å². The summed E-state index contributed by atoms with van der Waals surface area (Å²) in [6, 6.07) is 5.30. The van der Waals surface area contributed by atoms with Gasteiger partial charge in [-0.25, -0.2) is 4.98 Å². The number of pyridine rings is 1. The molecule has 0 aromatic carbocycles. The molecule has 18 heavy (non-hydrogen) atoms. The second-order valence-corrected chi connectivity index (χ2v) is 5.51. The van der Waals surface area contributed by atoms with Crippen LogP contribution in [0, 0.1) is 5.92 Å². The molecular formula is C15H25N3. The molecule has 0 radical (unpaired) electrons. The van der Waals surface area contributed by atoms with Crippen molar-refractivity contribution in [2.75, 3.05) is 18.5 Å². The van der Waals surface area contributed by atoms with Crippen molar-refractivity contribution in [1.82, 2.24) is 10.3 Å². The van der Waals surface area contributed by atoms with Crippen LogP contribution in [0.4, 0.5) is 5.82 Å². The van der Waals surface area contributed by atoms with E-state index in [4.69, 9.17) is 0 Å². The van der Waals surface area contributed by atoms with Gasteiger partial charge in [0.15, 0.2) is 0 Å². The summed E-state index contributed by atoms with van der Waals surface area (Å²) >= 11 is 0. The Balaban J connectivity index is 2.22. The fourth-order valence-electron chi connectivity index (χ4n) is 2.69. The smallest absolute Gasteiger partial charge is 0.129 e. The van der Waals surface area contributed by atoms with Gasteiger partial charge in [0.25, 0.3) is 0 Å². The van der Waals surface area contributed by atoms with Crippen LogP contribution in [0.5, 0.6) is 0 Å². The molecule has 1 saturated heterocycles. The molecule has 2 heterocycles. The Kier molecular flexibility index (Phi) is 4.23. The molecule has 0 spiro atoms. The van der Waals surface area contributed by atoms with Gasteiger partial charge >= 0.3 is 0 Å². The second kappa shape index (κ2) is 5.70. The van der Waals surface area contributed by atoms with Crippen molar-refractivity contribution in [3.63, 3.8) is 0 Å². The van der Waals surface area contributed by atoms with Crippen LogP contribution in [0.1, 0.15) is 45.2 Å². The number of hydrogen-bond donors (Lipinski definition) is 1. The Bertz CT molecular complexity index is 391. The first-order valence-corrected chi connectivity index (χ1v) is 7.03. The fraction of sp³-hybridized carbons (Fsp3) is 0.667. The lowest BCUT2D eigenvalue weighted by molar-refractivity contribution is 0.361. The average molecular weight is 247 g/mol. The van der Waals surface area contributed by atoms with Gasteiger partial charge in [-0.2, -0.15) is 0 Å². The van der Waals surface area contributed by atoms with Crippen molar-refractivity contribution in [2.24, 2.45) is 5.92 Å². The highest BCUT2D eigenvalue weighted by Gasteiger charge is 2.25. The molecule has 3 atom stereocenters. The van der Waals surface area contributed by atoms with E-state index in [0.717, 1.165) is 18.3 Å². The van der Waals surface area contributed by atoms with Crippen LogP contribution < -0.4 is 10.2 Å². The Morgan fingerprint density at radius 2 is 2.22 bits per heavy atom. The number of piperidine rings is 1. The predicted octanol–water partition coefficient (Wildman–Crippen LogP) is 2.99. The average Bonchev–Trinajstić information content (AvgIpc) is 2.41. The number of aromatic nitrogens is 1. The molecule has 1 aliphatic heterocycles. The zero-order valence-electron chi connectivity index (χ0n) is 12.0. The molecule has 0 amide bonds. The summed E-state index contributed by atoms with van der Waals surface area (Å²) in [6.07, 6.45) is 4.55.